The highest BCUT2D eigenvalue weighted by atomic mass is 14.8. The monoisotopic (exact) mass is 173 g/mol. The highest BCUT2D eigenvalue weighted by Gasteiger charge is 2.05. The first kappa shape index (κ1) is 7.86. The Labute approximate surface area is 76.6 Å². The summed E-state index contributed by atoms with van der Waals surface area (Å²) < 4.78 is 0. The van der Waals surface area contributed by atoms with Crippen molar-refractivity contribution in [1.29, 1.82) is 0 Å². The van der Waals surface area contributed by atoms with E-state index in [4.69, 9.17) is 5.73 Å². The molecule has 0 aromatic carbocycles. The van der Waals surface area contributed by atoms with Gasteiger partial charge in [0.05, 0.1) is 11.4 Å². The Morgan fingerprint density at radius 1 is 1.38 bits per heavy atom. The molecule has 3 N–H and O–H groups in total. The summed E-state index contributed by atoms with van der Waals surface area (Å²) in [6.45, 7) is 1.98. The van der Waals surface area contributed by atoms with Crippen LogP contribution in [0.2, 0.25) is 0 Å². The maximum Gasteiger partial charge on any atom is 0.110 e. The van der Waals surface area contributed by atoms with Gasteiger partial charge in [-0.3, -0.25) is 4.98 Å². The lowest BCUT2D eigenvalue weighted by Crippen LogP contribution is -1.95. The number of pyridine rings is 1. The van der Waals surface area contributed by atoms with Crippen molar-refractivity contribution in [1.82, 2.24) is 9.97 Å². The zero-order valence-electron chi connectivity index (χ0n) is 7.41. The van der Waals surface area contributed by atoms with E-state index in [0.29, 0.717) is 0 Å². The molecule has 0 spiro atoms. The van der Waals surface area contributed by atoms with Gasteiger partial charge >= 0.3 is 0 Å². The molecule has 0 fully saturated rings. The number of nitrogens with two attached hydrogens (primary N) is 1. The Morgan fingerprint density at radius 3 is 2.92 bits per heavy atom. The number of hydrogen-bond donors (Lipinski definition) is 2. The van der Waals surface area contributed by atoms with Gasteiger partial charge in [-0.25, -0.2) is 0 Å². The minimum absolute atomic E-state index is 0.741. The van der Waals surface area contributed by atoms with Gasteiger partial charge < -0.3 is 10.7 Å². The summed E-state index contributed by atoms with van der Waals surface area (Å²) in [5.41, 5.74) is 9.47. The van der Waals surface area contributed by atoms with Crippen LogP contribution in [0.3, 0.4) is 0 Å². The number of aromatic nitrogens is 2. The van der Waals surface area contributed by atoms with Gasteiger partial charge in [0.2, 0.25) is 0 Å². The van der Waals surface area contributed by atoms with E-state index in [2.05, 4.69) is 9.97 Å². The summed E-state index contributed by atoms with van der Waals surface area (Å²) in [4.78, 5) is 7.30. The van der Waals surface area contributed by atoms with Gasteiger partial charge in [0.15, 0.2) is 0 Å². The molecule has 13 heavy (non-hydrogen) atoms. The van der Waals surface area contributed by atoms with Crippen molar-refractivity contribution in [2.75, 3.05) is 5.73 Å². The van der Waals surface area contributed by atoms with Gasteiger partial charge in [0, 0.05) is 12.4 Å². The molecule has 0 radical (unpaired) electrons. The highest BCUT2D eigenvalue weighted by Crippen LogP contribution is 2.23. The minimum Gasteiger partial charge on any atom is -0.397 e. The molecule has 2 heterocycles. The number of rotatable bonds is 1. The number of anilines is 1. The summed E-state index contributed by atoms with van der Waals surface area (Å²) in [6, 6.07) is 5.79. The molecule has 2 rings (SSSR count). The van der Waals surface area contributed by atoms with Crippen LogP contribution in [-0.2, 0) is 0 Å². The van der Waals surface area contributed by atoms with Gasteiger partial charge in [0.25, 0.3) is 0 Å². The predicted octanol–water partition coefficient (Wildman–Crippen LogP) is 1.97. The molecule has 2 aromatic rings. The minimum atomic E-state index is 0.741. The molecule has 3 nitrogen and oxygen atoms in total. The Bertz CT molecular complexity index is 404. The molecule has 0 unspecified atom stereocenters. The molecule has 0 aliphatic heterocycles. The molecule has 0 atom stereocenters. The average Bonchev–Trinajstić information content (AvgIpc) is 2.62. The molecule has 66 valence electrons. The maximum atomic E-state index is 5.89. The lowest BCUT2D eigenvalue weighted by molar-refractivity contribution is 1.26. The second-order valence-corrected chi connectivity index (χ2v) is 2.97. The topological polar surface area (TPSA) is 54.7 Å². The van der Waals surface area contributed by atoms with Gasteiger partial charge in [0.1, 0.15) is 5.69 Å². The van der Waals surface area contributed by atoms with Crippen LogP contribution < -0.4 is 5.73 Å². The molecule has 3 heteroatoms. The zero-order chi connectivity index (χ0) is 9.26. The van der Waals surface area contributed by atoms with Crippen molar-refractivity contribution in [3.8, 4) is 11.4 Å². The number of nitrogens with zero attached hydrogens (tertiary/aromatic N) is 1. The quantitative estimate of drug-likeness (QED) is 0.692. The molecular weight excluding hydrogens is 162 g/mol. The molecule has 0 saturated heterocycles. The van der Waals surface area contributed by atoms with E-state index in [-0.39, 0.29) is 0 Å². The Hall–Kier alpha value is -1.77. The van der Waals surface area contributed by atoms with E-state index >= 15 is 0 Å². The third-order valence-corrected chi connectivity index (χ3v) is 2.06. The fraction of sp³-hybridized carbons (Fsp3) is 0.100. The number of aryl methyl sites for hydroxylation is 1. The van der Waals surface area contributed by atoms with E-state index in [1.807, 2.05) is 31.3 Å². The normalized spacial score (nSPS) is 10.2. The number of aromatic amines is 1. The average molecular weight is 173 g/mol. The van der Waals surface area contributed by atoms with Gasteiger partial charge in [-0.15, -0.1) is 0 Å². The first-order chi connectivity index (χ1) is 6.29. The maximum absolute atomic E-state index is 5.89. The molecule has 2 aromatic heterocycles. The van der Waals surface area contributed by atoms with Gasteiger partial charge in [-0.05, 0) is 30.7 Å². The second kappa shape index (κ2) is 2.94. The Balaban J connectivity index is 2.59. The third kappa shape index (κ3) is 1.28. The molecule has 0 saturated carbocycles. The van der Waals surface area contributed by atoms with Crippen LogP contribution in [0.4, 0.5) is 5.69 Å². The van der Waals surface area contributed by atoms with E-state index in [1.165, 1.54) is 0 Å². The first-order valence-corrected chi connectivity index (χ1v) is 4.14. The summed E-state index contributed by atoms with van der Waals surface area (Å²) >= 11 is 0. The van der Waals surface area contributed by atoms with E-state index in [0.717, 1.165) is 22.6 Å². The molecule has 0 aliphatic rings. The third-order valence-electron chi connectivity index (χ3n) is 2.06. The summed E-state index contributed by atoms with van der Waals surface area (Å²) in [5, 5.41) is 0. The van der Waals surface area contributed by atoms with E-state index in [9.17, 15) is 0 Å². The van der Waals surface area contributed by atoms with Crippen molar-refractivity contribution in [2.45, 2.75) is 6.92 Å². The van der Waals surface area contributed by atoms with Gasteiger partial charge in [-0.1, -0.05) is 0 Å². The van der Waals surface area contributed by atoms with Crippen molar-refractivity contribution in [2.24, 2.45) is 0 Å². The van der Waals surface area contributed by atoms with Crippen molar-refractivity contribution in [3.05, 3.63) is 36.2 Å². The lowest BCUT2D eigenvalue weighted by Gasteiger charge is -2.04. The summed E-state index contributed by atoms with van der Waals surface area (Å²) in [5.74, 6) is 0. The van der Waals surface area contributed by atoms with Crippen LogP contribution in [0, 0.1) is 6.92 Å². The molecule has 0 aliphatic carbocycles. The van der Waals surface area contributed by atoms with Gasteiger partial charge in [-0.2, -0.15) is 0 Å². The predicted molar refractivity (Wildman–Crippen MR) is 53.2 cm³/mol. The highest BCUT2D eigenvalue weighted by molar-refractivity contribution is 5.72. The Morgan fingerprint density at radius 2 is 2.23 bits per heavy atom. The lowest BCUT2D eigenvalue weighted by atomic mass is 10.1. The smallest absolute Gasteiger partial charge is 0.110 e. The number of hydrogen-bond acceptors (Lipinski definition) is 2. The van der Waals surface area contributed by atoms with Crippen molar-refractivity contribution >= 4 is 5.69 Å². The number of nitrogens with one attached hydrogen (secondary N) is 1. The second-order valence-electron chi connectivity index (χ2n) is 2.97. The first-order valence-electron chi connectivity index (χ1n) is 4.14. The van der Waals surface area contributed by atoms with Crippen LogP contribution in [0.1, 0.15) is 5.56 Å². The van der Waals surface area contributed by atoms with E-state index < -0.39 is 0 Å². The standard InChI is InChI=1S/C10H11N3/c1-7-4-6-13-10(9(7)11)8-3-2-5-12-8/h2-6,12H,11H2,1H3. The van der Waals surface area contributed by atoms with Crippen LogP contribution in [0.25, 0.3) is 11.4 Å². The number of H-pyrrole nitrogens is 1. The number of nitrogen functional groups attached to an aromatic ring is 1. The van der Waals surface area contributed by atoms with Crippen molar-refractivity contribution < 1.29 is 0 Å². The molecule has 0 bridgehead atoms. The molecular formula is C10H11N3. The van der Waals surface area contributed by atoms with Crippen LogP contribution in [0.15, 0.2) is 30.6 Å². The molecule has 0 amide bonds. The SMILES string of the molecule is Cc1ccnc(-c2ccc[nH]2)c1N. The fourth-order valence-electron chi connectivity index (χ4n) is 1.26. The fourth-order valence-corrected chi connectivity index (χ4v) is 1.26. The zero-order valence-corrected chi connectivity index (χ0v) is 7.41. The van der Waals surface area contributed by atoms with Crippen LogP contribution >= 0.6 is 0 Å². The summed E-state index contributed by atoms with van der Waals surface area (Å²) in [7, 11) is 0. The largest absolute Gasteiger partial charge is 0.397 e. The van der Waals surface area contributed by atoms with Crippen LogP contribution in [0.5, 0.6) is 0 Å². The van der Waals surface area contributed by atoms with E-state index in [1.54, 1.807) is 6.20 Å². The Kier molecular flexibility index (Phi) is 1.77. The van der Waals surface area contributed by atoms with Crippen LogP contribution in [-0.4, -0.2) is 9.97 Å². The van der Waals surface area contributed by atoms with Crippen molar-refractivity contribution in [3.63, 3.8) is 0 Å². The summed E-state index contributed by atoms with van der Waals surface area (Å²) in [6.07, 6.45) is 3.63.